The first-order valence-electron chi connectivity index (χ1n) is 7.13. The van der Waals surface area contributed by atoms with Gasteiger partial charge in [0.05, 0.1) is 0 Å². The molecule has 1 atom stereocenters. The molecule has 3 nitrogen and oxygen atoms in total. The van der Waals surface area contributed by atoms with Crippen LogP contribution >= 0.6 is 0 Å². The number of nitrogens with one attached hydrogen (secondary N) is 1. The number of benzene rings is 1. The second kappa shape index (κ2) is 5.51. The van der Waals surface area contributed by atoms with Crippen molar-refractivity contribution in [1.29, 1.82) is 0 Å². The lowest BCUT2D eigenvalue weighted by Crippen LogP contribution is -2.62. The molecule has 1 unspecified atom stereocenters. The zero-order valence-electron chi connectivity index (χ0n) is 12.5. The Morgan fingerprint density at radius 3 is 2.68 bits per heavy atom. The summed E-state index contributed by atoms with van der Waals surface area (Å²) >= 11 is 0. The van der Waals surface area contributed by atoms with E-state index in [1.807, 2.05) is 0 Å². The molecule has 1 aromatic rings. The van der Waals surface area contributed by atoms with Gasteiger partial charge in [0.2, 0.25) is 0 Å². The Labute approximate surface area is 116 Å². The fourth-order valence-electron chi connectivity index (χ4n) is 2.72. The summed E-state index contributed by atoms with van der Waals surface area (Å²) in [5.74, 6) is 0. The highest BCUT2D eigenvalue weighted by atomic mass is 16.3. The molecule has 0 bridgehead atoms. The minimum Gasteiger partial charge on any atom is -0.396 e. The maximum atomic E-state index is 9.13. The van der Waals surface area contributed by atoms with Gasteiger partial charge in [-0.15, -0.1) is 0 Å². The van der Waals surface area contributed by atoms with E-state index in [0.717, 1.165) is 19.5 Å². The maximum absolute atomic E-state index is 9.13. The summed E-state index contributed by atoms with van der Waals surface area (Å²) in [5, 5.41) is 12.7. The van der Waals surface area contributed by atoms with Crippen LogP contribution < -0.4 is 10.2 Å². The third-order valence-electron chi connectivity index (χ3n) is 4.24. The molecule has 0 aliphatic carbocycles. The van der Waals surface area contributed by atoms with E-state index in [1.165, 1.54) is 16.8 Å². The Morgan fingerprint density at radius 2 is 2.05 bits per heavy atom. The standard InChI is InChI=1S/C16H26N2O/c1-12-5-6-15(9-13(12)2)18-10-14(7-8-19)17-11-16(18,3)4/h5-6,9,14,17,19H,7-8,10-11H2,1-4H3. The van der Waals surface area contributed by atoms with Gasteiger partial charge in [0, 0.05) is 37.0 Å². The van der Waals surface area contributed by atoms with Gasteiger partial charge in [0.1, 0.15) is 0 Å². The predicted octanol–water partition coefficient (Wildman–Crippen LogP) is 2.24. The van der Waals surface area contributed by atoms with E-state index in [0.29, 0.717) is 6.04 Å². The van der Waals surface area contributed by atoms with Gasteiger partial charge < -0.3 is 15.3 Å². The van der Waals surface area contributed by atoms with Crippen LogP contribution in [0.4, 0.5) is 5.69 Å². The van der Waals surface area contributed by atoms with Gasteiger partial charge in [0.15, 0.2) is 0 Å². The van der Waals surface area contributed by atoms with Crippen molar-refractivity contribution in [3.8, 4) is 0 Å². The second-order valence-electron chi connectivity index (χ2n) is 6.28. The highest BCUT2D eigenvalue weighted by molar-refractivity contribution is 5.53. The number of anilines is 1. The van der Waals surface area contributed by atoms with Crippen LogP contribution in [0.1, 0.15) is 31.4 Å². The number of aliphatic hydroxyl groups excluding tert-OH is 1. The van der Waals surface area contributed by atoms with E-state index in [2.05, 4.69) is 56.1 Å². The van der Waals surface area contributed by atoms with Crippen LogP contribution in [0.3, 0.4) is 0 Å². The van der Waals surface area contributed by atoms with E-state index in [4.69, 9.17) is 5.11 Å². The van der Waals surface area contributed by atoms with Crippen LogP contribution in [0, 0.1) is 13.8 Å². The topological polar surface area (TPSA) is 35.5 Å². The SMILES string of the molecule is Cc1ccc(N2CC(CCO)NCC2(C)C)cc1C. The molecule has 1 aromatic carbocycles. The van der Waals surface area contributed by atoms with Crippen molar-refractivity contribution in [2.75, 3.05) is 24.6 Å². The summed E-state index contributed by atoms with van der Waals surface area (Å²) in [4.78, 5) is 2.47. The zero-order chi connectivity index (χ0) is 14.0. The smallest absolute Gasteiger partial charge is 0.0471 e. The number of rotatable bonds is 3. The average molecular weight is 262 g/mol. The highest BCUT2D eigenvalue weighted by Gasteiger charge is 2.33. The van der Waals surface area contributed by atoms with Crippen molar-refractivity contribution in [1.82, 2.24) is 5.32 Å². The summed E-state index contributed by atoms with van der Waals surface area (Å²) in [5.41, 5.74) is 4.07. The number of hydrogen-bond acceptors (Lipinski definition) is 3. The van der Waals surface area contributed by atoms with Crippen LogP contribution in [0.25, 0.3) is 0 Å². The van der Waals surface area contributed by atoms with Crippen molar-refractivity contribution < 1.29 is 5.11 Å². The molecule has 1 heterocycles. The van der Waals surface area contributed by atoms with E-state index < -0.39 is 0 Å². The molecule has 2 N–H and O–H groups in total. The Balaban J connectivity index is 2.25. The van der Waals surface area contributed by atoms with Gasteiger partial charge >= 0.3 is 0 Å². The molecule has 1 saturated heterocycles. The van der Waals surface area contributed by atoms with Gasteiger partial charge in [-0.3, -0.25) is 0 Å². The Hall–Kier alpha value is -1.06. The molecular weight excluding hydrogens is 236 g/mol. The number of piperazine rings is 1. The van der Waals surface area contributed by atoms with Crippen molar-refractivity contribution in [3.63, 3.8) is 0 Å². The third-order valence-corrected chi connectivity index (χ3v) is 4.24. The molecule has 1 fully saturated rings. The molecule has 0 aromatic heterocycles. The second-order valence-corrected chi connectivity index (χ2v) is 6.28. The molecule has 0 radical (unpaired) electrons. The fraction of sp³-hybridized carbons (Fsp3) is 0.625. The van der Waals surface area contributed by atoms with Crippen LogP contribution in [-0.4, -0.2) is 36.4 Å². The quantitative estimate of drug-likeness (QED) is 0.877. The summed E-state index contributed by atoms with van der Waals surface area (Å²) in [6.07, 6.45) is 0.817. The minimum atomic E-state index is 0.105. The number of hydrogen-bond donors (Lipinski definition) is 2. The molecule has 106 valence electrons. The predicted molar refractivity (Wildman–Crippen MR) is 80.8 cm³/mol. The Morgan fingerprint density at radius 1 is 1.32 bits per heavy atom. The van der Waals surface area contributed by atoms with E-state index in [1.54, 1.807) is 0 Å². The Bertz CT molecular complexity index is 442. The molecule has 3 heteroatoms. The molecule has 0 spiro atoms. The van der Waals surface area contributed by atoms with Crippen LogP contribution in [0.2, 0.25) is 0 Å². The number of aryl methyl sites for hydroxylation is 2. The first kappa shape index (κ1) is 14.4. The molecule has 0 saturated carbocycles. The van der Waals surface area contributed by atoms with Crippen molar-refractivity contribution in [3.05, 3.63) is 29.3 Å². The summed E-state index contributed by atoms with van der Waals surface area (Å²) in [7, 11) is 0. The molecule has 1 aliphatic heterocycles. The lowest BCUT2D eigenvalue weighted by atomic mass is 9.94. The van der Waals surface area contributed by atoms with Crippen LogP contribution in [-0.2, 0) is 0 Å². The average Bonchev–Trinajstić information content (AvgIpc) is 2.35. The van der Waals surface area contributed by atoms with Crippen molar-refractivity contribution in [2.45, 2.75) is 45.7 Å². The van der Waals surface area contributed by atoms with Crippen molar-refractivity contribution in [2.24, 2.45) is 0 Å². The van der Waals surface area contributed by atoms with Gasteiger partial charge in [-0.2, -0.15) is 0 Å². The zero-order valence-corrected chi connectivity index (χ0v) is 12.5. The lowest BCUT2D eigenvalue weighted by molar-refractivity contribution is 0.239. The molecule has 1 aliphatic rings. The molecular formula is C16H26N2O. The van der Waals surface area contributed by atoms with E-state index in [-0.39, 0.29) is 12.1 Å². The monoisotopic (exact) mass is 262 g/mol. The molecule has 2 rings (SSSR count). The van der Waals surface area contributed by atoms with Crippen LogP contribution in [0.15, 0.2) is 18.2 Å². The number of nitrogens with zero attached hydrogens (tertiary/aromatic N) is 1. The van der Waals surface area contributed by atoms with Crippen LogP contribution in [0.5, 0.6) is 0 Å². The summed E-state index contributed by atoms with van der Waals surface area (Å²) in [6.45, 7) is 11.0. The van der Waals surface area contributed by atoms with Gasteiger partial charge in [-0.1, -0.05) is 6.07 Å². The normalized spacial score (nSPS) is 22.6. The third kappa shape index (κ3) is 3.10. The summed E-state index contributed by atoms with van der Waals surface area (Å²) in [6, 6.07) is 7.06. The fourth-order valence-corrected chi connectivity index (χ4v) is 2.72. The Kier molecular flexibility index (Phi) is 4.16. The van der Waals surface area contributed by atoms with Gasteiger partial charge in [-0.05, 0) is 57.4 Å². The highest BCUT2D eigenvalue weighted by Crippen LogP contribution is 2.28. The first-order valence-corrected chi connectivity index (χ1v) is 7.13. The van der Waals surface area contributed by atoms with Gasteiger partial charge in [-0.25, -0.2) is 0 Å². The molecule has 0 amide bonds. The van der Waals surface area contributed by atoms with E-state index in [9.17, 15) is 0 Å². The lowest BCUT2D eigenvalue weighted by Gasteiger charge is -2.47. The summed E-state index contributed by atoms with van der Waals surface area (Å²) < 4.78 is 0. The van der Waals surface area contributed by atoms with Crippen molar-refractivity contribution >= 4 is 5.69 Å². The minimum absolute atomic E-state index is 0.105. The van der Waals surface area contributed by atoms with Gasteiger partial charge in [0.25, 0.3) is 0 Å². The van der Waals surface area contributed by atoms with E-state index >= 15 is 0 Å². The first-order chi connectivity index (χ1) is 8.94. The number of aliphatic hydroxyl groups is 1. The largest absolute Gasteiger partial charge is 0.396 e. The molecule has 19 heavy (non-hydrogen) atoms. The maximum Gasteiger partial charge on any atom is 0.0471 e.